The van der Waals surface area contributed by atoms with Crippen molar-refractivity contribution in [3.63, 3.8) is 0 Å². The first-order valence-corrected chi connectivity index (χ1v) is 5.35. The number of benzene rings is 1. The van der Waals surface area contributed by atoms with Gasteiger partial charge in [-0.2, -0.15) is 0 Å². The third-order valence-corrected chi connectivity index (χ3v) is 2.72. The summed E-state index contributed by atoms with van der Waals surface area (Å²) in [7, 11) is 0. The van der Waals surface area contributed by atoms with Gasteiger partial charge < -0.3 is 5.11 Å². The van der Waals surface area contributed by atoms with Gasteiger partial charge in [0.25, 0.3) is 0 Å². The lowest BCUT2D eigenvalue weighted by atomic mass is 9.99. The Morgan fingerprint density at radius 3 is 2.16 bits per heavy atom. The van der Waals surface area contributed by atoms with Crippen LogP contribution in [-0.4, -0.2) is 16.1 Å². The molecule has 0 saturated carbocycles. The summed E-state index contributed by atoms with van der Waals surface area (Å²) in [6.45, 7) is 3.71. The molecule has 0 bridgehead atoms. The highest BCUT2D eigenvalue weighted by Crippen LogP contribution is 2.25. The first-order valence-electron chi connectivity index (χ1n) is 5.35. The van der Waals surface area contributed by atoms with E-state index in [2.05, 4.69) is 4.98 Å². The molecule has 1 N–H and O–H groups in total. The molecule has 1 aromatic carbocycles. The normalized spacial score (nSPS) is 9.16. The highest BCUT2D eigenvalue weighted by atomic mass is 35.5. The molecule has 3 nitrogen and oxygen atoms in total. The second-order valence-corrected chi connectivity index (χ2v) is 3.99. The van der Waals surface area contributed by atoms with E-state index in [1.807, 2.05) is 31.2 Å². The van der Waals surface area contributed by atoms with Crippen LogP contribution < -0.4 is 0 Å². The van der Waals surface area contributed by atoms with E-state index in [0.717, 1.165) is 11.1 Å². The molecular weight excluding hydrogens is 285 g/mol. The lowest BCUT2D eigenvalue weighted by molar-refractivity contribution is 0.0696. The molecule has 0 saturated heterocycles. The Labute approximate surface area is 124 Å². The molecular formula is C14H15Cl2NO2. The molecule has 1 aromatic heterocycles. The number of nitrogens with zero attached hydrogens (tertiary/aromatic N) is 1. The van der Waals surface area contributed by atoms with Crippen LogP contribution in [0.3, 0.4) is 0 Å². The number of pyridine rings is 1. The highest BCUT2D eigenvalue weighted by molar-refractivity contribution is 5.97. The van der Waals surface area contributed by atoms with Crippen LogP contribution in [-0.2, 0) is 0 Å². The van der Waals surface area contributed by atoms with E-state index < -0.39 is 5.97 Å². The zero-order chi connectivity index (χ0) is 12.4. The van der Waals surface area contributed by atoms with E-state index in [0.29, 0.717) is 11.3 Å². The van der Waals surface area contributed by atoms with Crippen LogP contribution in [0.2, 0.25) is 0 Å². The lowest BCUT2D eigenvalue weighted by Crippen LogP contribution is -2.04. The van der Waals surface area contributed by atoms with Crippen molar-refractivity contribution in [2.45, 2.75) is 13.8 Å². The molecule has 0 radical (unpaired) electrons. The van der Waals surface area contributed by atoms with Crippen molar-refractivity contribution in [2.75, 3.05) is 0 Å². The van der Waals surface area contributed by atoms with E-state index in [4.69, 9.17) is 0 Å². The number of aromatic nitrogens is 1. The van der Waals surface area contributed by atoms with Crippen LogP contribution in [0.1, 0.15) is 21.6 Å². The van der Waals surface area contributed by atoms with Crippen molar-refractivity contribution in [3.8, 4) is 11.1 Å². The van der Waals surface area contributed by atoms with E-state index in [9.17, 15) is 9.90 Å². The highest BCUT2D eigenvalue weighted by Gasteiger charge is 2.14. The van der Waals surface area contributed by atoms with Crippen molar-refractivity contribution in [1.29, 1.82) is 0 Å². The van der Waals surface area contributed by atoms with Gasteiger partial charge >= 0.3 is 5.97 Å². The van der Waals surface area contributed by atoms with Crippen LogP contribution in [0.25, 0.3) is 11.1 Å². The third kappa shape index (κ3) is 3.69. The maximum absolute atomic E-state index is 11.2. The SMILES string of the molecule is Cc1ccc(-c2ccnc(C)c2C(=O)O)cc1.Cl.Cl. The summed E-state index contributed by atoms with van der Waals surface area (Å²) < 4.78 is 0. The maximum atomic E-state index is 11.2. The molecule has 0 atom stereocenters. The van der Waals surface area contributed by atoms with Crippen molar-refractivity contribution in [2.24, 2.45) is 0 Å². The predicted octanol–water partition coefficient (Wildman–Crippen LogP) is 3.91. The predicted molar refractivity (Wildman–Crippen MR) is 80.6 cm³/mol. The number of aromatic carboxylic acids is 1. The second-order valence-electron chi connectivity index (χ2n) is 3.99. The average molecular weight is 300 g/mol. The Kier molecular flexibility index (Phi) is 6.53. The van der Waals surface area contributed by atoms with Crippen LogP contribution in [0, 0.1) is 13.8 Å². The fourth-order valence-electron chi connectivity index (χ4n) is 1.81. The fourth-order valence-corrected chi connectivity index (χ4v) is 1.81. The summed E-state index contributed by atoms with van der Waals surface area (Å²) in [4.78, 5) is 15.3. The van der Waals surface area contributed by atoms with Gasteiger partial charge in [-0.05, 0) is 31.0 Å². The number of hydrogen-bond donors (Lipinski definition) is 1. The fraction of sp³-hybridized carbons (Fsp3) is 0.143. The van der Waals surface area contributed by atoms with E-state index in [1.165, 1.54) is 0 Å². The van der Waals surface area contributed by atoms with Crippen molar-refractivity contribution < 1.29 is 9.90 Å². The van der Waals surface area contributed by atoms with Gasteiger partial charge in [0.1, 0.15) is 0 Å². The van der Waals surface area contributed by atoms with E-state index >= 15 is 0 Å². The summed E-state index contributed by atoms with van der Waals surface area (Å²) in [5.74, 6) is -0.939. The monoisotopic (exact) mass is 299 g/mol. The largest absolute Gasteiger partial charge is 0.478 e. The summed E-state index contributed by atoms with van der Waals surface area (Å²) in [6, 6.07) is 9.53. The average Bonchev–Trinajstić information content (AvgIpc) is 2.29. The molecule has 19 heavy (non-hydrogen) atoms. The molecule has 0 aliphatic rings. The topological polar surface area (TPSA) is 50.2 Å². The summed E-state index contributed by atoms with van der Waals surface area (Å²) in [5.41, 5.74) is 3.58. The summed E-state index contributed by atoms with van der Waals surface area (Å²) >= 11 is 0. The van der Waals surface area contributed by atoms with Gasteiger partial charge in [0, 0.05) is 6.20 Å². The zero-order valence-corrected chi connectivity index (χ0v) is 12.2. The number of hydrogen-bond acceptors (Lipinski definition) is 2. The number of halogens is 2. The minimum Gasteiger partial charge on any atom is -0.478 e. The number of aryl methyl sites for hydroxylation is 2. The Hall–Kier alpha value is -1.58. The van der Waals surface area contributed by atoms with Crippen molar-refractivity contribution in [1.82, 2.24) is 4.98 Å². The molecule has 0 amide bonds. The van der Waals surface area contributed by atoms with Crippen LogP contribution >= 0.6 is 24.8 Å². The first kappa shape index (κ1) is 17.4. The molecule has 0 spiro atoms. The van der Waals surface area contributed by atoms with Gasteiger partial charge in [-0.1, -0.05) is 29.8 Å². The second kappa shape index (κ2) is 7.12. The summed E-state index contributed by atoms with van der Waals surface area (Å²) in [6.07, 6.45) is 1.64. The van der Waals surface area contributed by atoms with Gasteiger partial charge in [-0.25, -0.2) is 4.79 Å². The molecule has 102 valence electrons. The zero-order valence-electron chi connectivity index (χ0n) is 10.6. The summed E-state index contributed by atoms with van der Waals surface area (Å²) in [5, 5.41) is 9.22. The Morgan fingerprint density at radius 1 is 1.05 bits per heavy atom. The molecule has 0 fully saturated rings. The number of carboxylic acid groups (broad SMARTS) is 1. The van der Waals surface area contributed by atoms with Crippen molar-refractivity contribution >= 4 is 30.8 Å². The molecule has 0 unspecified atom stereocenters. The standard InChI is InChI=1S/C14H13NO2.2ClH/c1-9-3-5-11(6-4-9)12-7-8-15-10(2)13(12)14(16)17;;/h3-8H,1-2H3,(H,16,17);2*1H. The van der Waals surface area contributed by atoms with Crippen LogP contribution in [0.4, 0.5) is 0 Å². The minimum absolute atomic E-state index is 0. The van der Waals surface area contributed by atoms with Gasteiger partial charge in [0.2, 0.25) is 0 Å². The first-order chi connectivity index (χ1) is 8.09. The Bertz CT molecular complexity index is 568. The molecule has 1 heterocycles. The Morgan fingerprint density at radius 2 is 1.63 bits per heavy atom. The van der Waals surface area contributed by atoms with E-state index in [1.54, 1.807) is 19.2 Å². The molecule has 5 heteroatoms. The Balaban J connectivity index is 0.00000162. The van der Waals surface area contributed by atoms with Crippen LogP contribution in [0.5, 0.6) is 0 Å². The molecule has 0 aliphatic carbocycles. The maximum Gasteiger partial charge on any atom is 0.338 e. The number of carbonyl (C=O) groups is 1. The smallest absolute Gasteiger partial charge is 0.338 e. The quantitative estimate of drug-likeness (QED) is 0.915. The van der Waals surface area contributed by atoms with E-state index in [-0.39, 0.29) is 30.4 Å². The lowest BCUT2D eigenvalue weighted by Gasteiger charge is -2.08. The molecule has 2 aromatic rings. The number of carboxylic acids is 1. The van der Waals surface area contributed by atoms with Crippen molar-refractivity contribution in [3.05, 3.63) is 53.3 Å². The van der Waals surface area contributed by atoms with Gasteiger partial charge in [0.05, 0.1) is 11.3 Å². The van der Waals surface area contributed by atoms with Gasteiger partial charge in [-0.15, -0.1) is 24.8 Å². The third-order valence-electron chi connectivity index (χ3n) is 2.72. The van der Waals surface area contributed by atoms with Gasteiger partial charge in [-0.3, -0.25) is 4.98 Å². The molecule has 0 aliphatic heterocycles. The van der Waals surface area contributed by atoms with Gasteiger partial charge in [0.15, 0.2) is 0 Å². The van der Waals surface area contributed by atoms with Crippen LogP contribution in [0.15, 0.2) is 36.5 Å². The minimum atomic E-state index is -0.939. The number of rotatable bonds is 2. The molecule has 2 rings (SSSR count).